The van der Waals surface area contributed by atoms with Gasteiger partial charge in [-0.05, 0) is 40.9 Å². The first-order chi connectivity index (χ1) is 12.6. The van der Waals surface area contributed by atoms with Gasteiger partial charge in [0.25, 0.3) is 11.5 Å². The molecule has 0 bridgehead atoms. The molecule has 134 valence electrons. The first kappa shape index (κ1) is 17.2. The summed E-state index contributed by atoms with van der Waals surface area (Å²) in [5, 5.41) is 6.33. The lowest BCUT2D eigenvalue weighted by atomic mass is 10.2. The fraction of sp³-hybridized carbons (Fsp3) is 0.294. The number of hydrogen-bond acceptors (Lipinski definition) is 5. The first-order valence-electron chi connectivity index (χ1n) is 8.23. The summed E-state index contributed by atoms with van der Waals surface area (Å²) in [6, 6.07) is 4.97. The molecule has 0 aliphatic carbocycles. The lowest BCUT2D eigenvalue weighted by Gasteiger charge is -2.24. The van der Waals surface area contributed by atoms with Crippen LogP contribution in [0, 0.1) is 0 Å². The molecule has 0 aromatic carbocycles. The molecule has 4 heterocycles. The van der Waals surface area contributed by atoms with Gasteiger partial charge in [0.15, 0.2) is 5.82 Å². The van der Waals surface area contributed by atoms with Crippen LogP contribution in [0.2, 0.25) is 0 Å². The molecule has 1 atom stereocenters. The quantitative estimate of drug-likeness (QED) is 0.633. The minimum absolute atomic E-state index is 0.0158. The predicted octanol–water partition coefficient (Wildman–Crippen LogP) is 2.56. The Morgan fingerprint density at radius 2 is 2.27 bits per heavy atom. The summed E-state index contributed by atoms with van der Waals surface area (Å²) in [5.41, 5.74) is -0.174. The van der Waals surface area contributed by atoms with Crippen molar-refractivity contribution >= 4 is 33.2 Å². The molecule has 4 rings (SSSR count). The van der Waals surface area contributed by atoms with Gasteiger partial charge in [0.05, 0.1) is 17.5 Å². The van der Waals surface area contributed by atoms with E-state index in [2.05, 4.69) is 26.0 Å². The van der Waals surface area contributed by atoms with Crippen LogP contribution in [-0.2, 0) is 6.54 Å². The van der Waals surface area contributed by atoms with Crippen molar-refractivity contribution in [3.63, 3.8) is 0 Å². The van der Waals surface area contributed by atoms with Crippen LogP contribution in [0.1, 0.15) is 22.5 Å². The zero-order valence-electron chi connectivity index (χ0n) is 13.8. The highest BCUT2D eigenvalue weighted by Gasteiger charge is 2.30. The van der Waals surface area contributed by atoms with Gasteiger partial charge >= 0.3 is 0 Å². The van der Waals surface area contributed by atoms with Crippen molar-refractivity contribution < 1.29 is 4.79 Å². The number of thiophene rings is 1. The molecular weight excluding hydrogens is 418 g/mol. The van der Waals surface area contributed by atoms with Gasteiger partial charge < -0.3 is 4.90 Å². The third kappa shape index (κ3) is 3.36. The molecule has 1 unspecified atom stereocenters. The zero-order chi connectivity index (χ0) is 18.1. The minimum Gasteiger partial charge on any atom is -0.333 e. The topological polar surface area (TPSA) is 73.0 Å². The van der Waals surface area contributed by atoms with Crippen LogP contribution < -0.4 is 5.56 Å². The maximum Gasteiger partial charge on any atom is 0.266 e. The molecule has 26 heavy (non-hydrogen) atoms. The summed E-state index contributed by atoms with van der Waals surface area (Å²) in [4.78, 5) is 31.6. The number of carbonyl (C=O) groups excluding carboxylic acids is 1. The lowest BCUT2D eigenvalue weighted by molar-refractivity contribution is 0.0725. The Morgan fingerprint density at radius 1 is 1.38 bits per heavy atom. The van der Waals surface area contributed by atoms with Crippen molar-refractivity contribution in [2.75, 3.05) is 6.54 Å². The Kier molecular flexibility index (Phi) is 4.73. The molecule has 0 N–H and O–H groups in total. The van der Waals surface area contributed by atoms with Gasteiger partial charge in [-0.15, -0.1) is 11.3 Å². The summed E-state index contributed by atoms with van der Waals surface area (Å²) < 4.78 is 4.10. The van der Waals surface area contributed by atoms with Crippen LogP contribution in [0.4, 0.5) is 0 Å². The number of amides is 1. The Morgan fingerprint density at radius 3 is 3.00 bits per heavy atom. The second-order valence-electron chi connectivity index (χ2n) is 6.11. The SMILES string of the molecule is O=C(c1cc(Br)cs1)N1CCCC1Cn1nc(-n2ccnc2)ccc1=O. The minimum atomic E-state index is -0.174. The van der Waals surface area contributed by atoms with Crippen LogP contribution in [-0.4, -0.2) is 42.7 Å². The molecule has 1 saturated heterocycles. The van der Waals surface area contributed by atoms with Gasteiger partial charge in [-0.2, -0.15) is 5.10 Å². The molecule has 0 spiro atoms. The number of imidazole rings is 1. The monoisotopic (exact) mass is 433 g/mol. The largest absolute Gasteiger partial charge is 0.333 e. The summed E-state index contributed by atoms with van der Waals surface area (Å²) >= 11 is 4.82. The number of likely N-dealkylation sites (tertiary alicyclic amines) is 1. The van der Waals surface area contributed by atoms with Crippen molar-refractivity contribution in [1.82, 2.24) is 24.2 Å². The average Bonchev–Trinajstić information content (AvgIpc) is 3.37. The van der Waals surface area contributed by atoms with Crippen molar-refractivity contribution in [1.29, 1.82) is 0 Å². The van der Waals surface area contributed by atoms with Gasteiger partial charge in [0.1, 0.15) is 6.33 Å². The summed E-state index contributed by atoms with van der Waals surface area (Å²) in [5.74, 6) is 0.641. The van der Waals surface area contributed by atoms with Crippen molar-refractivity contribution in [2.24, 2.45) is 0 Å². The van der Waals surface area contributed by atoms with Crippen molar-refractivity contribution in [3.8, 4) is 5.82 Å². The van der Waals surface area contributed by atoms with Crippen LogP contribution in [0.15, 0.2) is 51.6 Å². The number of carbonyl (C=O) groups is 1. The molecule has 0 radical (unpaired) electrons. The summed E-state index contributed by atoms with van der Waals surface area (Å²) in [6.45, 7) is 1.09. The molecule has 0 saturated carbocycles. The van der Waals surface area contributed by atoms with E-state index in [4.69, 9.17) is 0 Å². The normalized spacial score (nSPS) is 17.0. The van der Waals surface area contributed by atoms with E-state index in [1.165, 1.54) is 22.1 Å². The van der Waals surface area contributed by atoms with Crippen molar-refractivity contribution in [2.45, 2.75) is 25.4 Å². The van der Waals surface area contributed by atoms with Crippen LogP contribution >= 0.6 is 27.3 Å². The van der Waals surface area contributed by atoms with E-state index in [0.29, 0.717) is 23.8 Å². The highest BCUT2D eigenvalue weighted by molar-refractivity contribution is 9.10. The van der Waals surface area contributed by atoms with E-state index in [-0.39, 0.29) is 17.5 Å². The fourth-order valence-corrected chi connectivity index (χ4v) is 4.54. The van der Waals surface area contributed by atoms with E-state index in [0.717, 1.165) is 17.3 Å². The molecule has 9 heteroatoms. The highest BCUT2D eigenvalue weighted by Crippen LogP contribution is 2.26. The third-order valence-corrected chi connectivity index (χ3v) is 6.10. The Hall–Kier alpha value is -2.26. The predicted molar refractivity (Wildman–Crippen MR) is 102 cm³/mol. The lowest BCUT2D eigenvalue weighted by Crippen LogP contribution is -2.40. The van der Waals surface area contributed by atoms with Crippen LogP contribution in [0.5, 0.6) is 0 Å². The Labute approximate surface area is 162 Å². The van der Waals surface area contributed by atoms with E-state index in [1.807, 2.05) is 16.3 Å². The molecule has 1 fully saturated rings. The van der Waals surface area contributed by atoms with Gasteiger partial charge in [-0.3, -0.25) is 14.2 Å². The number of rotatable bonds is 4. The second kappa shape index (κ2) is 7.16. The summed E-state index contributed by atoms with van der Waals surface area (Å²) in [7, 11) is 0. The van der Waals surface area contributed by atoms with Crippen LogP contribution in [0.3, 0.4) is 0 Å². The van der Waals surface area contributed by atoms with E-state index in [9.17, 15) is 9.59 Å². The average molecular weight is 434 g/mol. The maximum absolute atomic E-state index is 12.8. The Bertz CT molecular complexity index is 981. The molecule has 1 aliphatic rings. The molecule has 3 aromatic heterocycles. The molecule has 7 nitrogen and oxygen atoms in total. The first-order valence-corrected chi connectivity index (χ1v) is 9.90. The molecule has 1 amide bonds. The Balaban J connectivity index is 1.57. The number of aromatic nitrogens is 4. The number of nitrogens with zero attached hydrogens (tertiary/aromatic N) is 5. The van der Waals surface area contributed by atoms with Gasteiger partial charge in [0.2, 0.25) is 0 Å². The zero-order valence-corrected chi connectivity index (χ0v) is 16.2. The van der Waals surface area contributed by atoms with Crippen LogP contribution in [0.25, 0.3) is 5.82 Å². The maximum atomic E-state index is 12.8. The molecule has 3 aromatic rings. The van der Waals surface area contributed by atoms with Gasteiger partial charge in [-0.1, -0.05) is 0 Å². The standard InChI is InChI=1S/C17H16BrN5O2S/c18-12-8-14(26-10-12)17(25)22-6-1-2-13(22)9-23-16(24)4-3-15(20-23)21-7-5-19-11-21/h3-5,7-8,10-11,13H,1-2,6,9H2. The fourth-order valence-electron chi connectivity index (χ4n) is 3.16. The number of hydrogen-bond donors (Lipinski definition) is 0. The van der Waals surface area contributed by atoms with Crippen molar-refractivity contribution in [3.05, 3.63) is 62.0 Å². The smallest absolute Gasteiger partial charge is 0.266 e. The van der Waals surface area contributed by atoms with Gasteiger partial charge in [0, 0.05) is 34.9 Å². The second-order valence-corrected chi connectivity index (χ2v) is 7.93. The molecular formula is C17H16BrN5O2S. The van der Waals surface area contributed by atoms with Gasteiger partial charge in [-0.25, -0.2) is 9.67 Å². The van der Waals surface area contributed by atoms with E-state index >= 15 is 0 Å². The molecule has 1 aliphatic heterocycles. The van der Waals surface area contributed by atoms with E-state index < -0.39 is 0 Å². The highest BCUT2D eigenvalue weighted by atomic mass is 79.9. The third-order valence-electron chi connectivity index (χ3n) is 4.42. The van der Waals surface area contributed by atoms with E-state index in [1.54, 1.807) is 29.4 Å². The number of halogens is 1. The summed E-state index contributed by atoms with van der Waals surface area (Å²) in [6.07, 6.45) is 6.86.